The number of aliphatic imine (C=N–C) groups is 1. The molecule has 1 aliphatic heterocycles. The maximum atomic E-state index is 12.1. The fourth-order valence-corrected chi connectivity index (χ4v) is 3.27. The van der Waals surface area contributed by atoms with Gasteiger partial charge in [-0.1, -0.05) is 35.3 Å². The molecule has 5 nitrogen and oxygen atoms in total. The van der Waals surface area contributed by atoms with Crippen molar-refractivity contribution in [1.29, 1.82) is 0 Å². The van der Waals surface area contributed by atoms with E-state index >= 15 is 0 Å². The number of hydrogen-bond acceptors (Lipinski definition) is 5. The van der Waals surface area contributed by atoms with Gasteiger partial charge < -0.3 is 10.1 Å². The fraction of sp³-hybridized carbons (Fsp3) is 0.0556. The Balaban J connectivity index is 1.78. The third kappa shape index (κ3) is 4.27. The molecule has 0 unspecified atom stereocenters. The van der Waals surface area contributed by atoms with Gasteiger partial charge in [0.05, 0.1) is 33.3 Å². The van der Waals surface area contributed by atoms with Crippen LogP contribution >= 0.6 is 35.0 Å². The quantitative estimate of drug-likeness (QED) is 0.593. The number of carbonyl (C=O) groups is 2. The summed E-state index contributed by atoms with van der Waals surface area (Å²) in [5.41, 5.74) is 1.82. The highest BCUT2D eigenvalue weighted by molar-refractivity contribution is 8.18. The Hall–Kier alpha value is -2.28. The van der Waals surface area contributed by atoms with Gasteiger partial charge in [0.2, 0.25) is 0 Å². The van der Waals surface area contributed by atoms with E-state index in [1.807, 2.05) is 0 Å². The number of halogens is 2. The first-order valence-electron chi connectivity index (χ1n) is 7.39. The smallest absolute Gasteiger partial charge is 0.337 e. The van der Waals surface area contributed by atoms with E-state index in [1.54, 1.807) is 48.5 Å². The molecule has 132 valence electrons. The summed E-state index contributed by atoms with van der Waals surface area (Å²) < 4.78 is 4.66. The molecule has 1 aliphatic rings. The molecule has 8 heteroatoms. The molecule has 1 amide bonds. The molecule has 2 aromatic rings. The fourth-order valence-electron chi connectivity index (χ4n) is 2.14. The number of methoxy groups -OCH3 is 1. The number of ether oxygens (including phenoxy) is 1. The Morgan fingerprint density at radius 2 is 1.88 bits per heavy atom. The van der Waals surface area contributed by atoms with Crippen LogP contribution in [0.2, 0.25) is 10.0 Å². The molecule has 0 spiro atoms. The standard InChI is InChI=1S/C18H12Cl2N2O3S/c1-25-17(24)11-4-2-10(3-5-11)8-15-16(23)22-18(26-15)21-12-6-7-13(19)14(20)9-12/h2-9H,1H3,(H,21,22,23). The third-order valence-electron chi connectivity index (χ3n) is 3.41. The number of benzene rings is 2. The van der Waals surface area contributed by atoms with E-state index < -0.39 is 5.97 Å². The van der Waals surface area contributed by atoms with Gasteiger partial charge in [-0.2, -0.15) is 0 Å². The molecule has 1 saturated heterocycles. The second kappa shape index (κ2) is 7.95. The normalized spacial score (nSPS) is 16.8. The van der Waals surface area contributed by atoms with Gasteiger partial charge in [-0.05, 0) is 53.7 Å². The predicted octanol–water partition coefficient (Wildman–Crippen LogP) is 4.67. The second-order valence-electron chi connectivity index (χ2n) is 5.19. The van der Waals surface area contributed by atoms with Gasteiger partial charge in [-0.25, -0.2) is 9.79 Å². The maximum absolute atomic E-state index is 12.1. The summed E-state index contributed by atoms with van der Waals surface area (Å²) in [6.07, 6.45) is 1.72. The van der Waals surface area contributed by atoms with E-state index in [2.05, 4.69) is 15.0 Å². The number of nitrogens with one attached hydrogen (secondary N) is 1. The largest absolute Gasteiger partial charge is 0.465 e. The van der Waals surface area contributed by atoms with Crippen LogP contribution in [0.3, 0.4) is 0 Å². The van der Waals surface area contributed by atoms with Crippen molar-refractivity contribution in [1.82, 2.24) is 5.32 Å². The first kappa shape index (κ1) is 18.5. The Bertz CT molecular complexity index is 940. The van der Waals surface area contributed by atoms with E-state index in [0.29, 0.717) is 31.4 Å². The van der Waals surface area contributed by atoms with Gasteiger partial charge >= 0.3 is 5.97 Å². The number of thioether (sulfide) groups is 1. The molecule has 1 N–H and O–H groups in total. The summed E-state index contributed by atoms with van der Waals surface area (Å²) >= 11 is 13.1. The molecular formula is C18H12Cl2N2O3S. The van der Waals surface area contributed by atoms with Crippen LogP contribution in [0.1, 0.15) is 15.9 Å². The summed E-state index contributed by atoms with van der Waals surface area (Å²) in [6.45, 7) is 0. The van der Waals surface area contributed by atoms with Crippen molar-refractivity contribution in [2.75, 3.05) is 7.11 Å². The number of hydrogen-bond donors (Lipinski definition) is 1. The number of carbonyl (C=O) groups excluding carboxylic acids is 2. The Kier molecular flexibility index (Phi) is 5.66. The van der Waals surface area contributed by atoms with E-state index in [-0.39, 0.29) is 5.91 Å². The second-order valence-corrected chi connectivity index (χ2v) is 7.04. The van der Waals surface area contributed by atoms with Crippen LogP contribution in [0.15, 0.2) is 52.4 Å². The van der Waals surface area contributed by atoms with Crippen LogP contribution in [0, 0.1) is 0 Å². The highest BCUT2D eigenvalue weighted by Crippen LogP contribution is 2.30. The van der Waals surface area contributed by atoms with Crippen molar-refractivity contribution in [3.63, 3.8) is 0 Å². The average molecular weight is 407 g/mol. The van der Waals surface area contributed by atoms with Gasteiger partial charge in [0, 0.05) is 0 Å². The zero-order valence-corrected chi connectivity index (χ0v) is 15.8. The Morgan fingerprint density at radius 3 is 2.54 bits per heavy atom. The highest BCUT2D eigenvalue weighted by atomic mass is 35.5. The van der Waals surface area contributed by atoms with Crippen LogP contribution in [0.5, 0.6) is 0 Å². The number of nitrogens with zero attached hydrogens (tertiary/aromatic N) is 1. The molecule has 0 bridgehead atoms. The minimum Gasteiger partial charge on any atom is -0.465 e. The monoisotopic (exact) mass is 406 g/mol. The lowest BCUT2D eigenvalue weighted by molar-refractivity contribution is -0.115. The molecule has 1 heterocycles. The number of amides is 1. The molecule has 0 aliphatic carbocycles. The van der Waals surface area contributed by atoms with Crippen LogP contribution in [-0.4, -0.2) is 24.2 Å². The lowest BCUT2D eigenvalue weighted by Gasteiger charge is -2.00. The van der Waals surface area contributed by atoms with Crippen molar-refractivity contribution < 1.29 is 14.3 Å². The van der Waals surface area contributed by atoms with E-state index in [0.717, 1.165) is 5.56 Å². The summed E-state index contributed by atoms with van der Waals surface area (Å²) in [4.78, 5) is 28.4. The van der Waals surface area contributed by atoms with Gasteiger partial charge in [0.1, 0.15) is 0 Å². The third-order valence-corrected chi connectivity index (χ3v) is 5.06. The lowest BCUT2D eigenvalue weighted by Crippen LogP contribution is -2.19. The van der Waals surface area contributed by atoms with Crippen LogP contribution in [0.4, 0.5) is 5.69 Å². The topological polar surface area (TPSA) is 67.8 Å². The van der Waals surface area contributed by atoms with E-state index in [9.17, 15) is 9.59 Å². The molecule has 26 heavy (non-hydrogen) atoms. The van der Waals surface area contributed by atoms with Crippen molar-refractivity contribution in [2.45, 2.75) is 0 Å². The van der Waals surface area contributed by atoms with Gasteiger partial charge in [-0.3, -0.25) is 4.79 Å². The van der Waals surface area contributed by atoms with Gasteiger partial charge in [-0.15, -0.1) is 0 Å². The predicted molar refractivity (Wildman–Crippen MR) is 105 cm³/mol. The molecule has 0 aromatic heterocycles. The minimum atomic E-state index is -0.409. The molecule has 0 radical (unpaired) electrons. The highest BCUT2D eigenvalue weighted by Gasteiger charge is 2.23. The van der Waals surface area contributed by atoms with Crippen LogP contribution in [-0.2, 0) is 9.53 Å². The molecule has 2 aromatic carbocycles. The minimum absolute atomic E-state index is 0.245. The van der Waals surface area contributed by atoms with Crippen molar-refractivity contribution in [2.24, 2.45) is 4.99 Å². The first-order chi connectivity index (χ1) is 12.5. The number of esters is 1. The SMILES string of the molecule is COC(=O)c1ccc(C=C2SC(=Nc3ccc(Cl)c(Cl)c3)NC2=O)cc1. The van der Waals surface area contributed by atoms with E-state index in [4.69, 9.17) is 23.2 Å². The van der Waals surface area contributed by atoms with Crippen molar-refractivity contribution >= 4 is 63.8 Å². The number of amidine groups is 1. The molecule has 0 atom stereocenters. The van der Waals surface area contributed by atoms with Gasteiger partial charge in [0.25, 0.3) is 5.91 Å². The van der Waals surface area contributed by atoms with E-state index in [1.165, 1.54) is 18.9 Å². The maximum Gasteiger partial charge on any atom is 0.337 e. The molecule has 0 saturated carbocycles. The van der Waals surface area contributed by atoms with Crippen molar-refractivity contribution in [3.8, 4) is 0 Å². The van der Waals surface area contributed by atoms with Crippen molar-refractivity contribution in [3.05, 3.63) is 68.5 Å². The summed E-state index contributed by atoms with van der Waals surface area (Å²) in [7, 11) is 1.33. The average Bonchev–Trinajstić information content (AvgIpc) is 2.97. The van der Waals surface area contributed by atoms with Crippen LogP contribution in [0.25, 0.3) is 6.08 Å². The summed E-state index contributed by atoms with van der Waals surface area (Å²) in [5, 5.41) is 3.98. The summed E-state index contributed by atoms with van der Waals surface area (Å²) in [6, 6.07) is 11.7. The molecular weight excluding hydrogens is 395 g/mol. The lowest BCUT2D eigenvalue weighted by atomic mass is 10.1. The number of rotatable bonds is 3. The molecule has 3 rings (SSSR count). The van der Waals surface area contributed by atoms with Crippen LogP contribution < -0.4 is 5.32 Å². The first-order valence-corrected chi connectivity index (χ1v) is 8.96. The van der Waals surface area contributed by atoms with Gasteiger partial charge in [0.15, 0.2) is 5.17 Å². The zero-order valence-electron chi connectivity index (χ0n) is 13.5. The Morgan fingerprint density at radius 1 is 1.15 bits per heavy atom. The zero-order chi connectivity index (χ0) is 18.7. The molecule has 1 fully saturated rings. The Labute approximate surface area is 164 Å². The summed E-state index contributed by atoms with van der Waals surface area (Å²) in [5.74, 6) is -0.654.